The Balaban J connectivity index is 4.68. The first kappa shape index (κ1) is 25.6. The van der Waals surface area contributed by atoms with E-state index < -0.39 is 32.3 Å². The zero-order valence-corrected chi connectivity index (χ0v) is 19.3. The van der Waals surface area contributed by atoms with Crippen LogP contribution < -0.4 is 10.6 Å². The van der Waals surface area contributed by atoms with E-state index in [4.69, 9.17) is 4.43 Å². The molecule has 0 radical (unpaired) electrons. The van der Waals surface area contributed by atoms with Gasteiger partial charge in [0, 0.05) is 0 Å². The minimum absolute atomic E-state index is 0.0483. The molecule has 1 unspecified atom stereocenters. The zero-order valence-electron chi connectivity index (χ0n) is 18.3. The summed E-state index contributed by atoms with van der Waals surface area (Å²) in [6.45, 7) is 17.7. The second-order valence-corrected chi connectivity index (χ2v) is 13.6. The number of carbonyl (C=O) groups is 3. The summed E-state index contributed by atoms with van der Waals surface area (Å²) in [5.41, 5.74) is 0. The third kappa shape index (κ3) is 8.42. The van der Waals surface area contributed by atoms with Gasteiger partial charge in [-0.15, -0.1) is 0 Å². The van der Waals surface area contributed by atoms with Gasteiger partial charge in [0.1, 0.15) is 12.1 Å². The fourth-order valence-corrected chi connectivity index (χ4v) is 3.75. The van der Waals surface area contributed by atoms with Gasteiger partial charge in [-0.3, -0.25) is 9.59 Å². The molecule has 0 saturated heterocycles. The third-order valence-corrected chi connectivity index (χ3v) is 9.93. The maximum absolute atomic E-state index is 12.2. The van der Waals surface area contributed by atoms with Crippen molar-refractivity contribution in [3.05, 3.63) is 0 Å². The average Bonchev–Trinajstić information content (AvgIpc) is 2.48. The van der Waals surface area contributed by atoms with Gasteiger partial charge in [0.15, 0.2) is 8.32 Å². The highest BCUT2D eigenvalue weighted by atomic mass is 28.4. The first-order chi connectivity index (χ1) is 12.1. The van der Waals surface area contributed by atoms with E-state index in [2.05, 4.69) is 44.5 Å². The molecule has 0 saturated carbocycles. The summed E-state index contributed by atoms with van der Waals surface area (Å²) >= 11 is 0. The largest absolute Gasteiger partial charge is 0.480 e. The highest BCUT2D eigenvalue weighted by Crippen LogP contribution is 2.37. The van der Waals surface area contributed by atoms with Gasteiger partial charge >= 0.3 is 5.97 Å². The van der Waals surface area contributed by atoms with E-state index in [0.29, 0.717) is 6.42 Å². The number of amides is 2. The lowest BCUT2D eigenvalue weighted by atomic mass is 9.99. The summed E-state index contributed by atoms with van der Waals surface area (Å²) in [7, 11) is -1.97. The SMILES string of the molecule is CC[C@H](C)[C@H](NC(=O)[C@H](C)NC(=O)CC(C)O[Si](C)(C)C(C)(C)C)C(=O)O. The molecule has 0 aliphatic carbocycles. The molecule has 3 N–H and O–H groups in total. The lowest BCUT2D eigenvalue weighted by Gasteiger charge is -2.38. The van der Waals surface area contributed by atoms with E-state index in [1.54, 1.807) is 13.8 Å². The van der Waals surface area contributed by atoms with Crippen molar-refractivity contribution in [1.29, 1.82) is 0 Å². The Morgan fingerprint density at radius 3 is 2.00 bits per heavy atom. The molecule has 0 spiro atoms. The normalized spacial score (nSPS) is 16.8. The van der Waals surface area contributed by atoms with Crippen LogP contribution in [-0.4, -0.2) is 49.4 Å². The molecular weight excluding hydrogens is 364 g/mol. The molecule has 2 amide bonds. The number of rotatable bonds is 10. The predicted octanol–water partition coefficient (Wildman–Crippen LogP) is 2.91. The highest BCUT2D eigenvalue weighted by molar-refractivity contribution is 6.74. The molecule has 158 valence electrons. The van der Waals surface area contributed by atoms with Gasteiger partial charge < -0.3 is 20.2 Å². The average molecular weight is 403 g/mol. The monoisotopic (exact) mass is 402 g/mol. The van der Waals surface area contributed by atoms with Gasteiger partial charge in [-0.25, -0.2) is 4.79 Å². The maximum atomic E-state index is 12.2. The van der Waals surface area contributed by atoms with Crippen LogP contribution in [0.3, 0.4) is 0 Å². The van der Waals surface area contributed by atoms with Crippen molar-refractivity contribution in [1.82, 2.24) is 10.6 Å². The number of aliphatic carboxylic acids is 1. The van der Waals surface area contributed by atoms with Crippen LogP contribution in [-0.2, 0) is 18.8 Å². The highest BCUT2D eigenvalue weighted by Gasteiger charge is 2.38. The second kappa shape index (κ2) is 10.2. The third-order valence-electron chi connectivity index (χ3n) is 5.32. The molecule has 27 heavy (non-hydrogen) atoms. The Labute approximate surface area is 164 Å². The Morgan fingerprint density at radius 1 is 1.07 bits per heavy atom. The van der Waals surface area contributed by atoms with Gasteiger partial charge in [0.2, 0.25) is 11.8 Å². The van der Waals surface area contributed by atoms with Crippen molar-refractivity contribution in [3.63, 3.8) is 0 Å². The summed E-state index contributed by atoms with van der Waals surface area (Å²) in [5.74, 6) is -2.08. The molecule has 0 heterocycles. The van der Waals surface area contributed by atoms with E-state index in [1.807, 2.05) is 13.8 Å². The molecule has 7 nitrogen and oxygen atoms in total. The van der Waals surface area contributed by atoms with Crippen molar-refractivity contribution >= 4 is 26.1 Å². The summed E-state index contributed by atoms with van der Waals surface area (Å²) in [6, 6.07) is -1.79. The first-order valence-electron chi connectivity index (χ1n) is 9.62. The molecular formula is C19H38N2O5Si. The van der Waals surface area contributed by atoms with Crippen molar-refractivity contribution in [2.24, 2.45) is 5.92 Å². The number of hydrogen-bond acceptors (Lipinski definition) is 4. The van der Waals surface area contributed by atoms with Gasteiger partial charge in [0.25, 0.3) is 0 Å². The number of hydrogen-bond donors (Lipinski definition) is 3. The van der Waals surface area contributed by atoms with E-state index in [9.17, 15) is 19.5 Å². The molecule has 0 aliphatic rings. The molecule has 0 aromatic rings. The van der Waals surface area contributed by atoms with Crippen LogP contribution >= 0.6 is 0 Å². The van der Waals surface area contributed by atoms with E-state index in [0.717, 1.165) is 0 Å². The standard InChI is InChI=1S/C19H38N2O5Si/c1-10-12(2)16(18(24)25)21-17(23)14(4)20-15(22)11-13(3)26-27(8,9)19(5,6)7/h12-14,16H,10-11H2,1-9H3,(H,20,22)(H,21,23)(H,24,25)/t12-,13?,14-,16-/m0/s1. The zero-order chi connectivity index (χ0) is 21.6. The summed E-state index contributed by atoms with van der Waals surface area (Å²) in [4.78, 5) is 35.8. The van der Waals surface area contributed by atoms with Crippen LogP contribution in [0.15, 0.2) is 0 Å². The molecule has 0 aromatic heterocycles. The maximum Gasteiger partial charge on any atom is 0.326 e. The summed E-state index contributed by atoms with van der Waals surface area (Å²) in [5, 5.41) is 14.4. The molecule has 0 aromatic carbocycles. The van der Waals surface area contributed by atoms with Crippen LogP contribution in [0.2, 0.25) is 18.1 Å². The van der Waals surface area contributed by atoms with Crippen LogP contribution in [0, 0.1) is 5.92 Å². The fourth-order valence-electron chi connectivity index (χ4n) is 2.31. The quantitative estimate of drug-likeness (QED) is 0.487. The van der Waals surface area contributed by atoms with Crippen LogP contribution in [0.4, 0.5) is 0 Å². The molecule has 0 fully saturated rings. The van der Waals surface area contributed by atoms with Gasteiger partial charge in [-0.05, 0) is 37.9 Å². The van der Waals surface area contributed by atoms with Crippen LogP contribution in [0.5, 0.6) is 0 Å². The fraction of sp³-hybridized carbons (Fsp3) is 0.842. The molecule has 0 rings (SSSR count). The van der Waals surface area contributed by atoms with Crippen molar-refractivity contribution in [2.75, 3.05) is 0 Å². The van der Waals surface area contributed by atoms with E-state index >= 15 is 0 Å². The molecule has 0 bridgehead atoms. The Kier molecular flexibility index (Phi) is 9.68. The van der Waals surface area contributed by atoms with Gasteiger partial charge in [0.05, 0.1) is 12.5 Å². The van der Waals surface area contributed by atoms with Crippen molar-refractivity contribution < 1.29 is 23.9 Å². The molecule has 0 aliphatic heterocycles. The van der Waals surface area contributed by atoms with Gasteiger partial charge in [-0.1, -0.05) is 41.0 Å². The Morgan fingerprint density at radius 2 is 1.59 bits per heavy atom. The van der Waals surface area contributed by atoms with Crippen molar-refractivity contribution in [2.45, 2.75) is 97.6 Å². The second-order valence-electron chi connectivity index (χ2n) is 8.89. The number of carboxylic acid groups (broad SMARTS) is 1. The summed E-state index contributed by atoms with van der Waals surface area (Å²) in [6.07, 6.45) is 0.519. The van der Waals surface area contributed by atoms with Crippen molar-refractivity contribution in [3.8, 4) is 0 Å². The van der Waals surface area contributed by atoms with Gasteiger partial charge in [-0.2, -0.15) is 0 Å². The first-order valence-corrected chi connectivity index (χ1v) is 12.5. The predicted molar refractivity (Wildman–Crippen MR) is 109 cm³/mol. The number of nitrogens with one attached hydrogen (secondary N) is 2. The number of carbonyl (C=O) groups excluding carboxylic acids is 2. The minimum atomic E-state index is -1.97. The minimum Gasteiger partial charge on any atom is -0.480 e. The Bertz CT molecular complexity index is 531. The van der Waals surface area contributed by atoms with Crippen LogP contribution in [0.25, 0.3) is 0 Å². The smallest absolute Gasteiger partial charge is 0.326 e. The van der Waals surface area contributed by atoms with E-state index in [-0.39, 0.29) is 29.4 Å². The lowest BCUT2D eigenvalue weighted by molar-refractivity contribution is -0.143. The van der Waals surface area contributed by atoms with Crippen LogP contribution in [0.1, 0.15) is 61.3 Å². The molecule has 4 atom stereocenters. The summed E-state index contributed by atoms with van der Waals surface area (Å²) < 4.78 is 6.16. The lowest BCUT2D eigenvalue weighted by Crippen LogP contribution is -2.52. The molecule has 8 heteroatoms. The Hall–Kier alpha value is -1.41. The number of carboxylic acids is 1. The topological polar surface area (TPSA) is 105 Å². The van der Waals surface area contributed by atoms with E-state index in [1.165, 1.54) is 0 Å².